The summed E-state index contributed by atoms with van der Waals surface area (Å²) in [6.45, 7) is 0.632. The Bertz CT molecular complexity index is 549. The molecule has 2 aromatic carbocycles. The fourth-order valence-corrected chi connectivity index (χ4v) is 2.34. The van der Waals surface area contributed by atoms with Gasteiger partial charge >= 0.3 is 0 Å². The standard InChI is InChI=1S/C14H12Cl2FN/c1-18-8-9-2-3-13(14(17)4-9)10-5-11(15)7-12(16)6-10/h2-7,18H,8H2,1H3. The fraction of sp³-hybridized carbons (Fsp3) is 0.143. The van der Waals surface area contributed by atoms with E-state index in [1.54, 1.807) is 24.3 Å². The highest BCUT2D eigenvalue weighted by molar-refractivity contribution is 6.35. The second-order valence-corrected chi connectivity index (χ2v) is 4.88. The third-order valence-corrected chi connectivity index (χ3v) is 3.02. The molecular formula is C14H12Cl2FN. The smallest absolute Gasteiger partial charge is 0.131 e. The first-order valence-electron chi connectivity index (χ1n) is 5.49. The molecule has 1 nitrogen and oxygen atoms in total. The lowest BCUT2D eigenvalue weighted by atomic mass is 10.0. The summed E-state index contributed by atoms with van der Waals surface area (Å²) >= 11 is 11.8. The predicted molar refractivity (Wildman–Crippen MR) is 74.6 cm³/mol. The molecule has 0 amide bonds. The molecule has 4 heteroatoms. The monoisotopic (exact) mass is 283 g/mol. The molecule has 94 valence electrons. The molecule has 1 N–H and O–H groups in total. The molecule has 0 heterocycles. The topological polar surface area (TPSA) is 12.0 Å². The van der Waals surface area contributed by atoms with Gasteiger partial charge in [0.05, 0.1) is 0 Å². The van der Waals surface area contributed by atoms with Crippen molar-refractivity contribution in [2.75, 3.05) is 7.05 Å². The van der Waals surface area contributed by atoms with Crippen LogP contribution in [0.15, 0.2) is 36.4 Å². The first-order valence-corrected chi connectivity index (χ1v) is 6.25. The molecule has 0 atom stereocenters. The highest BCUT2D eigenvalue weighted by Crippen LogP contribution is 2.29. The number of hydrogen-bond donors (Lipinski definition) is 1. The number of rotatable bonds is 3. The molecule has 0 saturated heterocycles. The maximum atomic E-state index is 14.0. The summed E-state index contributed by atoms with van der Waals surface area (Å²) in [4.78, 5) is 0. The lowest BCUT2D eigenvalue weighted by Gasteiger charge is -2.07. The van der Waals surface area contributed by atoms with Crippen LogP contribution < -0.4 is 5.32 Å². The van der Waals surface area contributed by atoms with Gasteiger partial charge in [0, 0.05) is 22.2 Å². The molecule has 2 aromatic rings. The van der Waals surface area contributed by atoms with Gasteiger partial charge in [0.1, 0.15) is 5.82 Å². The Balaban J connectivity index is 2.44. The zero-order valence-electron chi connectivity index (χ0n) is 9.81. The molecule has 0 unspecified atom stereocenters. The fourth-order valence-electron chi connectivity index (χ4n) is 1.82. The molecule has 18 heavy (non-hydrogen) atoms. The van der Waals surface area contributed by atoms with Crippen molar-refractivity contribution in [2.24, 2.45) is 0 Å². The van der Waals surface area contributed by atoms with Gasteiger partial charge in [-0.3, -0.25) is 0 Å². The van der Waals surface area contributed by atoms with E-state index in [1.165, 1.54) is 6.07 Å². The molecule has 0 radical (unpaired) electrons. The Morgan fingerprint density at radius 2 is 1.72 bits per heavy atom. The normalized spacial score (nSPS) is 10.7. The minimum absolute atomic E-state index is 0.277. The van der Waals surface area contributed by atoms with Crippen molar-refractivity contribution in [3.05, 3.63) is 57.8 Å². The van der Waals surface area contributed by atoms with Crippen LogP contribution in [0.1, 0.15) is 5.56 Å². The summed E-state index contributed by atoms with van der Waals surface area (Å²) in [6, 6.07) is 10.2. The Labute approximate surface area is 116 Å². The highest BCUT2D eigenvalue weighted by atomic mass is 35.5. The maximum Gasteiger partial charge on any atom is 0.131 e. The van der Waals surface area contributed by atoms with Gasteiger partial charge < -0.3 is 5.32 Å². The molecule has 0 saturated carbocycles. The number of hydrogen-bond acceptors (Lipinski definition) is 1. The summed E-state index contributed by atoms with van der Waals surface area (Å²) in [5, 5.41) is 3.97. The van der Waals surface area contributed by atoms with Crippen LogP contribution in [0, 0.1) is 5.82 Å². The van der Waals surface area contributed by atoms with E-state index in [0.29, 0.717) is 27.7 Å². The zero-order valence-corrected chi connectivity index (χ0v) is 11.3. The lowest BCUT2D eigenvalue weighted by Crippen LogP contribution is -2.05. The second-order valence-electron chi connectivity index (χ2n) is 4.00. The summed E-state index contributed by atoms with van der Waals surface area (Å²) in [5.41, 5.74) is 2.08. The van der Waals surface area contributed by atoms with Crippen LogP contribution in [0.3, 0.4) is 0 Å². The van der Waals surface area contributed by atoms with E-state index in [-0.39, 0.29) is 5.82 Å². The van der Waals surface area contributed by atoms with Gasteiger partial charge in [0.15, 0.2) is 0 Å². The van der Waals surface area contributed by atoms with E-state index in [4.69, 9.17) is 23.2 Å². The van der Waals surface area contributed by atoms with Gasteiger partial charge in [-0.05, 0) is 42.4 Å². The Kier molecular flexibility index (Phi) is 4.23. The number of nitrogens with one attached hydrogen (secondary N) is 1. The van der Waals surface area contributed by atoms with E-state index in [0.717, 1.165) is 5.56 Å². The molecule has 0 aliphatic rings. The SMILES string of the molecule is CNCc1ccc(-c2cc(Cl)cc(Cl)c2)c(F)c1. The molecule has 0 aliphatic heterocycles. The van der Waals surface area contributed by atoms with Crippen molar-refractivity contribution in [3.8, 4) is 11.1 Å². The molecular weight excluding hydrogens is 272 g/mol. The van der Waals surface area contributed by atoms with E-state index in [2.05, 4.69) is 5.32 Å². The Morgan fingerprint density at radius 3 is 2.28 bits per heavy atom. The molecule has 2 rings (SSSR count). The summed E-state index contributed by atoms with van der Waals surface area (Å²) in [5.74, 6) is -0.277. The van der Waals surface area contributed by atoms with E-state index in [1.807, 2.05) is 13.1 Å². The summed E-state index contributed by atoms with van der Waals surface area (Å²) < 4.78 is 14.0. The van der Waals surface area contributed by atoms with Crippen molar-refractivity contribution >= 4 is 23.2 Å². The van der Waals surface area contributed by atoms with E-state index >= 15 is 0 Å². The van der Waals surface area contributed by atoms with Gasteiger partial charge in [-0.1, -0.05) is 35.3 Å². The van der Waals surface area contributed by atoms with Gasteiger partial charge in [0.25, 0.3) is 0 Å². The largest absolute Gasteiger partial charge is 0.316 e. The highest BCUT2D eigenvalue weighted by Gasteiger charge is 2.07. The molecule has 0 fully saturated rings. The minimum atomic E-state index is -0.277. The van der Waals surface area contributed by atoms with Gasteiger partial charge in [-0.25, -0.2) is 4.39 Å². The quantitative estimate of drug-likeness (QED) is 0.873. The maximum absolute atomic E-state index is 14.0. The van der Waals surface area contributed by atoms with Crippen LogP contribution in [-0.4, -0.2) is 7.05 Å². The van der Waals surface area contributed by atoms with Crippen molar-refractivity contribution < 1.29 is 4.39 Å². The van der Waals surface area contributed by atoms with E-state index in [9.17, 15) is 4.39 Å². The van der Waals surface area contributed by atoms with Crippen molar-refractivity contribution in [1.29, 1.82) is 0 Å². The lowest BCUT2D eigenvalue weighted by molar-refractivity contribution is 0.627. The van der Waals surface area contributed by atoms with Crippen molar-refractivity contribution in [3.63, 3.8) is 0 Å². The average Bonchev–Trinajstić information content (AvgIpc) is 2.28. The first kappa shape index (κ1) is 13.3. The van der Waals surface area contributed by atoms with Crippen LogP contribution in [0.25, 0.3) is 11.1 Å². The molecule has 0 aliphatic carbocycles. The van der Waals surface area contributed by atoms with Gasteiger partial charge in [0.2, 0.25) is 0 Å². The Hall–Kier alpha value is -1.09. The molecule has 0 aromatic heterocycles. The third-order valence-electron chi connectivity index (χ3n) is 2.59. The summed E-state index contributed by atoms with van der Waals surface area (Å²) in [6.07, 6.45) is 0. The van der Waals surface area contributed by atoms with Crippen molar-refractivity contribution in [1.82, 2.24) is 5.32 Å². The zero-order chi connectivity index (χ0) is 13.1. The van der Waals surface area contributed by atoms with Crippen LogP contribution in [0.5, 0.6) is 0 Å². The predicted octanol–water partition coefficient (Wildman–Crippen LogP) is 4.52. The van der Waals surface area contributed by atoms with Gasteiger partial charge in [-0.2, -0.15) is 0 Å². The van der Waals surface area contributed by atoms with Crippen LogP contribution in [0.2, 0.25) is 10.0 Å². The van der Waals surface area contributed by atoms with Crippen molar-refractivity contribution in [2.45, 2.75) is 6.54 Å². The minimum Gasteiger partial charge on any atom is -0.316 e. The van der Waals surface area contributed by atoms with Crippen LogP contribution in [-0.2, 0) is 6.54 Å². The van der Waals surface area contributed by atoms with E-state index < -0.39 is 0 Å². The number of benzene rings is 2. The summed E-state index contributed by atoms with van der Waals surface area (Å²) in [7, 11) is 1.82. The number of halogens is 3. The first-order chi connectivity index (χ1) is 8.60. The third kappa shape index (κ3) is 3.02. The molecule has 0 bridgehead atoms. The average molecular weight is 284 g/mol. The molecule has 0 spiro atoms. The van der Waals surface area contributed by atoms with Crippen LogP contribution in [0.4, 0.5) is 4.39 Å². The second kappa shape index (κ2) is 5.70. The van der Waals surface area contributed by atoms with Gasteiger partial charge in [-0.15, -0.1) is 0 Å². The Morgan fingerprint density at radius 1 is 1.06 bits per heavy atom. The van der Waals surface area contributed by atoms with Crippen LogP contribution >= 0.6 is 23.2 Å².